The lowest BCUT2D eigenvalue weighted by molar-refractivity contribution is -0.147. The summed E-state index contributed by atoms with van der Waals surface area (Å²) >= 11 is 0. The molecule has 0 bridgehead atoms. The number of hydrogen-bond donors (Lipinski definition) is 1. The molecule has 0 spiro atoms. The van der Waals surface area contributed by atoms with Crippen molar-refractivity contribution >= 4 is 11.9 Å². The zero-order valence-corrected chi connectivity index (χ0v) is 9.19. The van der Waals surface area contributed by atoms with Gasteiger partial charge in [0.25, 0.3) is 0 Å². The normalized spacial score (nSPS) is 21.3. The molecule has 0 aromatic carbocycles. The van der Waals surface area contributed by atoms with Gasteiger partial charge in [-0.2, -0.15) is 0 Å². The number of rotatable bonds is 3. The molecule has 0 aromatic rings. The van der Waals surface area contributed by atoms with Gasteiger partial charge in [0.15, 0.2) is 0 Å². The lowest BCUT2D eigenvalue weighted by atomic mass is 9.98. The molecule has 1 aliphatic heterocycles. The van der Waals surface area contributed by atoms with Crippen molar-refractivity contribution in [1.82, 2.24) is 4.90 Å². The summed E-state index contributed by atoms with van der Waals surface area (Å²) in [6, 6.07) is 0. The summed E-state index contributed by atoms with van der Waals surface area (Å²) in [4.78, 5) is 23.9. The average molecular weight is 211 g/mol. The average Bonchev–Trinajstić information content (AvgIpc) is 2.16. The maximum Gasteiger partial charge on any atom is 0.308 e. The van der Waals surface area contributed by atoms with Crippen LogP contribution in [0.1, 0.15) is 26.7 Å². The van der Waals surface area contributed by atoms with Gasteiger partial charge in [-0.05, 0) is 20.3 Å². The van der Waals surface area contributed by atoms with Crippen molar-refractivity contribution in [3.63, 3.8) is 0 Å². The Morgan fingerprint density at radius 2 is 2.27 bits per heavy atom. The molecule has 4 nitrogen and oxygen atoms in total. The van der Waals surface area contributed by atoms with Crippen LogP contribution >= 0.6 is 0 Å². The first-order valence-corrected chi connectivity index (χ1v) is 5.14. The summed E-state index contributed by atoms with van der Waals surface area (Å²) in [5.41, 5.74) is 1.14. The highest BCUT2D eigenvalue weighted by Gasteiger charge is 2.29. The lowest BCUT2D eigenvalue weighted by Gasteiger charge is -2.29. The topological polar surface area (TPSA) is 57.6 Å². The number of carbonyl (C=O) groups excluding carboxylic acids is 1. The molecule has 15 heavy (non-hydrogen) atoms. The van der Waals surface area contributed by atoms with Gasteiger partial charge in [0.05, 0.1) is 5.92 Å². The maximum atomic E-state index is 11.5. The van der Waals surface area contributed by atoms with Gasteiger partial charge < -0.3 is 10.0 Å². The number of nitrogens with zero attached hydrogens (tertiary/aromatic N) is 1. The minimum absolute atomic E-state index is 0.0602. The fourth-order valence-corrected chi connectivity index (χ4v) is 1.59. The first-order chi connectivity index (χ1) is 7.00. The maximum absolute atomic E-state index is 11.5. The molecular formula is C11H17NO3. The molecule has 1 amide bonds. The molecular weight excluding hydrogens is 194 g/mol. The Kier molecular flexibility index (Phi) is 3.88. The first-order valence-electron chi connectivity index (χ1n) is 5.14. The van der Waals surface area contributed by atoms with Crippen molar-refractivity contribution in [2.24, 2.45) is 5.92 Å². The van der Waals surface area contributed by atoms with Gasteiger partial charge in [0.1, 0.15) is 0 Å². The second-order valence-corrected chi connectivity index (χ2v) is 4.15. The van der Waals surface area contributed by atoms with E-state index in [-0.39, 0.29) is 5.91 Å². The predicted octanol–water partition coefficient (Wildman–Crippen LogP) is 1.28. The summed E-state index contributed by atoms with van der Waals surface area (Å²) in [7, 11) is 0. The molecule has 4 heteroatoms. The van der Waals surface area contributed by atoms with Crippen molar-refractivity contribution in [2.75, 3.05) is 13.1 Å². The number of piperidine rings is 1. The van der Waals surface area contributed by atoms with Crippen LogP contribution in [-0.2, 0) is 9.59 Å². The molecule has 1 fully saturated rings. The van der Waals surface area contributed by atoms with Gasteiger partial charge >= 0.3 is 5.97 Å². The molecule has 0 saturated carbocycles. The van der Waals surface area contributed by atoms with Crippen LogP contribution in [0.15, 0.2) is 11.6 Å². The molecule has 1 heterocycles. The number of likely N-dealkylation sites (tertiary alicyclic amines) is 1. The van der Waals surface area contributed by atoms with Crippen LogP contribution in [0.4, 0.5) is 0 Å². The SMILES string of the molecule is CC(C)=CCN1CC(C(=O)O)CCC1=O. The van der Waals surface area contributed by atoms with Crippen LogP contribution < -0.4 is 0 Å². The standard InChI is InChI=1S/C11H17NO3/c1-8(2)5-6-12-7-9(11(14)15)3-4-10(12)13/h5,9H,3-4,6-7H2,1-2H3,(H,14,15). The Bertz CT molecular complexity index is 292. The van der Waals surface area contributed by atoms with Gasteiger partial charge in [-0.15, -0.1) is 0 Å². The van der Waals surface area contributed by atoms with E-state index in [4.69, 9.17) is 5.11 Å². The van der Waals surface area contributed by atoms with Crippen molar-refractivity contribution < 1.29 is 14.7 Å². The van der Waals surface area contributed by atoms with E-state index in [0.717, 1.165) is 5.57 Å². The number of hydrogen-bond acceptors (Lipinski definition) is 2. The second-order valence-electron chi connectivity index (χ2n) is 4.15. The summed E-state index contributed by atoms with van der Waals surface area (Å²) in [5.74, 6) is -1.14. The van der Waals surface area contributed by atoms with Gasteiger partial charge in [-0.3, -0.25) is 9.59 Å². The van der Waals surface area contributed by atoms with Gasteiger partial charge in [0, 0.05) is 19.5 Å². The molecule has 1 atom stereocenters. The Morgan fingerprint density at radius 3 is 2.80 bits per heavy atom. The zero-order valence-electron chi connectivity index (χ0n) is 9.19. The first kappa shape index (κ1) is 11.8. The summed E-state index contributed by atoms with van der Waals surface area (Å²) in [5, 5.41) is 8.87. The van der Waals surface area contributed by atoms with E-state index < -0.39 is 11.9 Å². The van der Waals surface area contributed by atoms with E-state index in [1.54, 1.807) is 4.90 Å². The molecule has 1 unspecified atom stereocenters. The summed E-state index contributed by atoms with van der Waals surface area (Å²) in [6.45, 7) is 4.80. The molecule has 0 radical (unpaired) electrons. The van der Waals surface area contributed by atoms with E-state index in [2.05, 4.69) is 0 Å². The van der Waals surface area contributed by atoms with Gasteiger partial charge in [-0.25, -0.2) is 0 Å². The number of carbonyl (C=O) groups is 2. The van der Waals surface area contributed by atoms with Crippen molar-refractivity contribution in [1.29, 1.82) is 0 Å². The molecule has 1 aliphatic rings. The van der Waals surface area contributed by atoms with Crippen LogP contribution in [0.25, 0.3) is 0 Å². The third kappa shape index (κ3) is 3.38. The summed E-state index contributed by atoms with van der Waals surface area (Å²) in [6.07, 6.45) is 2.77. The van der Waals surface area contributed by atoms with Crippen LogP contribution in [0.3, 0.4) is 0 Å². The van der Waals surface area contributed by atoms with E-state index >= 15 is 0 Å². The number of carboxylic acids is 1. The highest BCUT2D eigenvalue weighted by atomic mass is 16.4. The Hall–Kier alpha value is -1.32. The van der Waals surface area contributed by atoms with E-state index in [1.165, 1.54) is 0 Å². The van der Waals surface area contributed by atoms with Crippen LogP contribution in [0.2, 0.25) is 0 Å². The second kappa shape index (κ2) is 4.96. The highest BCUT2D eigenvalue weighted by Crippen LogP contribution is 2.17. The van der Waals surface area contributed by atoms with E-state index in [1.807, 2.05) is 19.9 Å². The molecule has 1 N–H and O–H groups in total. The van der Waals surface area contributed by atoms with Crippen molar-refractivity contribution in [3.8, 4) is 0 Å². The molecule has 0 aliphatic carbocycles. The van der Waals surface area contributed by atoms with Gasteiger partial charge in [0.2, 0.25) is 5.91 Å². The van der Waals surface area contributed by atoms with E-state index in [9.17, 15) is 9.59 Å². The molecule has 84 valence electrons. The van der Waals surface area contributed by atoms with Crippen molar-refractivity contribution in [2.45, 2.75) is 26.7 Å². The lowest BCUT2D eigenvalue weighted by Crippen LogP contribution is -2.42. The highest BCUT2D eigenvalue weighted by molar-refractivity contribution is 5.80. The van der Waals surface area contributed by atoms with Crippen LogP contribution in [0, 0.1) is 5.92 Å². The smallest absolute Gasteiger partial charge is 0.308 e. The zero-order chi connectivity index (χ0) is 11.4. The van der Waals surface area contributed by atoms with E-state index in [0.29, 0.717) is 25.9 Å². The minimum Gasteiger partial charge on any atom is -0.481 e. The molecule has 0 aromatic heterocycles. The fraction of sp³-hybridized carbons (Fsp3) is 0.636. The number of allylic oxidation sites excluding steroid dienone is 1. The molecule has 1 saturated heterocycles. The number of aliphatic carboxylic acids is 1. The number of carboxylic acid groups (broad SMARTS) is 1. The monoisotopic (exact) mass is 211 g/mol. The van der Waals surface area contributed by atoms with Crippen LogP contribution in [-0.4, -0.2) is 35.0 Å². The fourth-order valence-electron chi connectivity index (χ4n) is 1.59. The Balaban J connectivity index is 2.57. The predicted molar refractivity (Wildman–Crippen MR) is 56.4 cm³/mol. The van der Waals surface area contributed by atoms with Crippen molar-refractivity contribution in [3.05, 3.63) is 11.6 Å². The molecule has 1 rings (SSSR count). The largest absolute Gasteiger partial charge is 0.481 e. The Morgan fingerprint density at radius 1 is 1.60 bits per heavy atom. The van der Waals surface area contributed by atoms with Gasteiger partial charge in [-0.1, -0.05) is 11.6 Å². The van der Waals surface area contributed by atoms with Crippen LogP contribution in [0.5, 0.6) is 0 Å². The quantitative estimate of drug-likeness (QED) is 0.715. The minimum atomic E-state index is -0.801. The third-order valence-electron chi connectivity index (χ3n) is 2.57. The third-order valence-corrected chi connectivity index (χ3v) is 2.57. The Labute approximate surface area is 89.6 Å². The number of amides is 1. The summed E-state index contributed by atoms with van der Waals surface area (Å²) < 4.78 is 0.